The van der Waals surface area contributed by atoms with Crippen LogP contribution in [-0.2, 0) is 4.79 Å². The number of amides is 2. The van der Waals surface area contributed by atoms with Crippen molar-refractivity contribution < 1.29 is 14.7 Å². The monoisotopic (exact) mass is 369 g/mol. The third-order valence-corrected chi connectivity index (χ3v) is 4.24. The van der Waals surface area contributed by atoms with Gasteiger partial charge in [0.05, 0.1) is 6.42 Å². The molecule has 0 aliphatic carbocycles. The molecule has 1 heterocycles. The lowest BCUT2D eigenvalue weighted by Crippen LogP contribution is -2.44. The van der Waals surface area contributed by atoms with E-state index in [1.54, 1.807) is 7.05 Å². The van der Waals surface area contributed by atoms with Crippen LogP contribution < -0.4 is 10.2 Å². The molecule has 22 heavy (non-hydrogen) atoms. The minimum absolute atomic E-state index is 0.0421. The van der Waals surface area contributed by atoms with Crippen molar-refractivity contribution in [3.05, 3.63) is 28.7 Å². The molecule has 120 valence electrons. The Morgan fingerprint density at radius 3 is 2.73 bits per heavy atom. The Hall–Kier alpha value is -1.76. The molecule has 1 saturated heterocycles. The highest BCUT2D eigenvalue weighted by Crippen LogP contribution is 2.22. The van der Waals surface area contributed by atoms with E-state index in [0.29, 0.717) is 0 Å². The van der Waals surface area contributed by atoms with Crippen LogP contribution in [0.2, 0.25) is 0 Å². The number of anilines is 1. The van der Waals surface area contributed by atoms with Crippen molar-refractivity contribution in [2.45, 2.75) is 18.9 Å². The number of aliphatic carboxylic acids is 1. The summed E-state index contributed by atoms with van der Waals surface area (Å²) in [5, 5.41) is 11.6. The standard InChI is InChI=1S/C15H20BrN3O3/c1-18(8-7-14(20)21)15(22)17-12-6-9-19(10-12)13-4-2-11(16)3-5-13/h2-5,12H,6-10H2,1H3,(H,17,22)(H,20,21). The first-order chi connectivity index (χ1) is 10.5. The molecule has 2 amide bonds. The second-order valence-corrected chi connectivity index (χ2v) is 6.34. The largest absolute Gasteiger partial charge is 0.481 e. The molecule has 1 aliphatic rings. The molecule has 2 rings (SSSR count). The molecule has 0 spiro atoms. The van der Waals surface area contributed by atoms with Gasteiger partial charge in [-0.05, 0) is 30.7 Å². The van der Waals surface area contributed by atoms with Gasteiger partial charge in [-0.15, -0.1) is 0 Å². The first-order valence-electron chi connectivity index (χ1n) is 7.19. The van der Waals surface area contributed by atoms with Gasteiger partial charge in [-0.25, -0.2) is 4.79 Å². The van der Waals surface area contributed by atoms with Crippen molar-refractivity contribution in [2.75, 3.05) is 31.6 Å². The topological polar surface area (TPSA) is 72.9 Å². The predicted octanol–water partition coefficient (Wildman–Crippen LogP) is 2.14. The molecule has 0 bridgehead atoms. The molecule has 7 heteroatoms. The van der Waals surface area contributed by atoms with Crippen molar-refractivity contribution in [2.24, 2.45) is 0 Å². The Labute approximate surface area is 138 Å². The van der Waals surface area contributed by atoms with Crippen LogP contribution in [0.4, 0.5) is 10.5 Å². The molecule has 6 nitrogen and oxygen atoms in total. The van der Waals surface area contributed by atoms with E-state index in [1.165, 1.54) is 4.90 Å². The van der Waals surface area contributed by atoms with Crippen molar-refractivity contribution in [1.29, 1.82) is 0 Å². The number of nitrogens with zero attached hydrogens (tertiary/aromatic N) is 2. The summed E-state index contributed by atoms with van der Waals surface area (Å²) in [6.07, 6.45) is 0.841. The SMILES string of the molecule is CN(CCC(=O)O)C(=O)NC1CCN(c2ccc(Br)cc2)C1. The predicted molar refractivity (Wildman–Crippen MR) is 88.2 cm³/mol. The van der Waals surface area contributed by atoms with Crippen LogP contribution in [0, 0.1) is 0 Å². The number of carboxylic acids is 1. The third-order valence-electron chi connectivity index (χ3n) is 3.72. The summed E-state index contributed by atoms with van der Waals surface area (Å²) in [5.41, 5.74) is 1.14. The van der Waals surface area contributed by atoms with Gasteiger partial charge in [0.15, 0.2) is 0 Å². The number of hydrogen-bond donors (Lipinski definition) is 2. The van der Waals surface area contributed by atoms with Crippen LogP contribution in [0.5, 0.6) is 0 Å². The van der Waals surface area contributed by atoms with E-state index in [1.807, 2.05) is 24.3 Å². The molecule has 1 aliphatic heterocycles. The molecule has 0 saturated carbocycles. The summed E-state index contributed by atoms with van der Waals surface area (Å²) in [6.45, 7) is 1.87. The highest BCUT2D eigenvalue weighted by molar-refractivity contribution is 9.10. The smallest absolute Gasteiger partial charge is 0.317 e. The second-order valence-electron chi connectivity index (χ2n) is 5.42. The summed E-state index contributed by atoms with van der Waals surface area (Å²) in [4.78, 5) is 26.2. The van der Waals surface area contributed by atoms with Gasteiger partial charge in [0.25, 0.3) is 0 Å². The number of carbonyl (C=O) groups excluding carboxylic acids is 1. The van der Waals surface area contributed by atoms with Crippen LogP contribution in [0.15, 0.2) is 28.7 Å². The van der Waals surface area contributed by atoms with Gasteiger partial charge >= 0.3 is 12.0 Å². The minimum Gasteiger partial charge on any atom is -0.481 e. The summed E-state index contributed by atoms with van der Waals surface area (Å²) >= 11 is 3.42. The molecule has 1 fully saturated rings. The molecule has 1 aromatic rings. The lowest BCUT2D eigenvalue weighted by molar-refractivity contribution is -0.137. The van der Waals surface area contributed by atoms with Gasteiger partial charge in [-0.2, -0.15) is 0 Å². The number of urea groups is 1. The lowest BCUT2D eigenvalue weighted by Gasteiger charge is -2.22. The molecule has 1 aromatic carbocycles. The van der Waals surface area contributed by atoms with Gasteiger partial charge in [0.2, 0.25) is 0 Å². The Morgan fingerprint density at radius 1 is 1.41 bits per heavy atom. The molecule has 0 aromatic heterocycles. The van der Waals surface area contributed by atoms with Crippen LogP contribution >= 0.6 is 15.9 Å². The maximum absolute atomic E-state index is 12.0. The van der Waals surface area contributed by atoms with Gasteiger partial charge in [-0.1, -0.05) is 15.9 Å². The number of benzene rings is 1. The highest BCUT2D eigenvalue weighted by Gasteiger charge is 2.25. The van der Waals surface area contributed by atoms with Gasteiger partial charge < -0.3 is 20.2 Å². The molecular formula is C15H20BrN3O3. The van der Waals surface area contributed by atoms with Crippen LogP contribution in [0.1, 0.15) is 12.8 Å². The van der Waals surface area contributed by atoms with E-state index in [4.69, 9.17) is 5.11 Å². The lowest BCUT2D eigenvalue weighted by atomic mass is 10.2. The van der Waals surface area contributed by atoms with Gasteiger partial charge in [0.1, 0.15) is 0 Å². The van der Waals surface area contributed by atoms with E-state index >= 15 is 0 Å². The first-order valence-corrected chi connectivity index (χ1v) is 7.99. The van der Waals surface area contributed by atoms with Gasteiger partial charge in [-0.3, -0.25) is 4.79 Å². The minimum atomic E-state index is -0.901. The Morgan fingerprint density at radius 2 is 2.09 bits per heavy atom. The van der Waals surface area contributed by atoms with Crippen molar-refractivity contribution >= 4 is 33.6 Å². The normalized spacial score (nSPS) is 17.4. The number of nitrogens with one attached hydrogen (secondary N) is 1. The molecule has 1 unspecified atom stereocenters. The van der Waals surface area contributed by atoms with E-state index in [-0.39, 0.29) is 25.0 Å². The summed E-state index contributed by atoms with van der Waals surface area (Å²) in [7, 11) is 1.61. The van der Waals surface area contributed by atoms with Crippen molar-refractivity contribution in [3.8, 4) is 0 Å². The van der Waals surface area contributed by atoms with E-state index in [2.05, 4.69) is 26.1 Å². The van der Waals surface area contributed by atoms with Crippen LogP contribution in [0.25, 0.3) is 0 Å². The van der Waals surface area contributed by atoms with E-state index in [9.17, 15) is 9.59 Å². The van der Waals surface area contributed by atoms with E-state index < -0.39 is 5.97 Å². The Bertz CT molecular complexity index is 535. The quantitative estimate of drug-likeness (QED) is 0.833. The number of rotatable bonds is 5. The third kappa shape index (κ3) is 4.62. The highest BCUT2D eigenvalue weighted by atomic mass is 79.9. The maximum Gasteiger partial charge on any atom is 0.317 e. The first kappa shape index (κ1) is 16.6. The fraction of sp³-hybridized carbons (Fsp3) is 0.467. The van der Waals surface area contributed by atoms with Crippen molar-refractivity contribution in [1.82, 2.24) is 10.2 Å². The summed E-state index contributed by atoms with van der Waals surface area (Å²) < 4.78 is 1.04. The van der Waals surface area contributed by atoms with E-state index in [0.717, 1.165) is 29.7 Å². The van der Waals surface area contributed by atoms with Crippen molar-refractivity contribution in [3.63, 3.8) is 0 Å². The fourth-order valence-electron chi connectivity index (χ4n) is 2.41. The average molecular weight is 370 g/mol. The Balaban J connectivity index is 1.81. The van der Waals surface area contributed by atoms with Crippen LogP contribution in [0.3, 0.4) is 0 Å². The number of carboxylic acid groups (broad SMARTS) is 1. The fourth-order valence-corrected chi connectivity index (χ4v) is 2.68. The number of carbonyl (C=O) groups is 2. The van der Waals surface area contributed by atoms with Crippen LogP contribution in [-0.4, -0.2) is 54.7 Å². The maximum atomic E-state index is 12.0. The molecular weight excluding hydrogens is 350 g/mol. The Kier molecular flexibility index (Phi) is 5.65. The number of hydrogen-bond acceptors (Lipinski definition) is 3. The average Bonchev–Trinajstić information content (AvgIpc) is 2.93. The molecule has 1 atom stereocenters. The zero-order valence-corrected chi connectivity index (χ0v) is 14.0. The zero-order chi connectivity index (χ0) is 16.1. The zero-order valence-electron chi connectivity index (χ0n) is 12.5. The number of halogens is 1. The summed E-state index contributed by atoms with van der Waals surface area (Å²) in [6, 6.07) is 7.97. The molecule has 2 N–H and O–H groups in total. The summed E-state index contributed by atoms with van der Waals surface area (Å²) in [5.74, 6) is -0.901. The molecule has 0 radical (unpaired) electrons. The van der Waals surface area contributed by atoms with Gasteiger partial charge in [0, 0.05) is 42.9 Å². The second kappa shape index (κ2) is 7.49.